The Kier molecular flexibility index (Phi) is 3.79. The number of hydrogen-bond acceptors (Lipinski definition) is 2. The minimum atomic E-state index is -0.0398. The van der Waals surface area contributed by atoms with Crippen LogP contribution in [0, 0.1) is 17.8 Å². The predicted octanol–water partition coefficient (Wildman–Crippen LogP) is 3.67. The minimum absolute atomic E-state index is 0.0247. The SMILES string of the molecule is O=C(Nc1cccc(Cl)c1)C1C[C@H]2CCC[C@@H](C1)C2=O. The van der Waals surface area contributed by atoms with E-state index in [4.69, 9.17) is 11.6 Å². The van der Waals surface area contributed by atoms with E-state index in [0.29, 0.717) is 23.6 Å². The fraction of sp³-hybridized carbons (Fsp3) is 0.500. The molecule has 1 aromatic rings. The quantitative estimate of drug-likeness (QED) is 0.903. The number of ketones is 1. The Hall–Kier alpha value is -1.35. The molecular formula is C16H18ClNO2. The maximum absolute atomic E-state index is 12.4. The van der Waals surface area contributed by atoms with Crippen molar-refractivity contribution < 1.29 is 9.59 Å². The van der Waals surface area contributed by atoms with Gasteiger partial charge in [-0.1, -0.05) is 24.1 Å². The Morgan fingerprint density at radius 2 is 1.90 bits per heavy atom. The first kappa shape index (κ1) is 13.6. The van der Waals surface area contributed by atoms with Crippen molar-refractivity contribution in [1.29, 1.82) is 0 Å². The number of Topliss-reactive ketones (excluding diaryl/α,β-unsaturated/α-hetero) is 1. The second kappa shape index (κ2) is 5.57. The molecule has 2 aliphatic rings. The molecule has 1 unspecified atom stereocenters. The number of hydrogen-bond donors (Lipinski definition) is 1. The minimum Gasteiger partial charge on any atom is -0.326 e. The fourth-order valence-electron chi connectivity index (χ4n) is 3.50. The van der Waals surface area contributed by atoms with E-state index in [9.17, 15) is 9.59 Å². The second-order valence-electron chi connectivity index (χ2n) is 5.90. The molecule has 20 heavy (non-hydrogen) atoms. The number of carbonyl (C=O) groups excluding carboxylic acids is 2. The molecule has 106 valence electrons. The highest BCUT2D eigenvalue weighted by atomic mass is 35.5. The van der Waals surface area contributed by atoms with E-state index in [2.05, 4.69) is 5.32 Å². The standard InChI is InChI=1S/C16H18ClNO2/c17-13-5-2-6-14(9-13)18-16(20)12-7-10-3-1-4-11(8-12)15(10)19/h2,5-6,9-12H,1,3-4,7-8H2,(H,18,20)/t10-,11+,12?. The van der Waals surface area contributed by atoms with Gasteiger partial charge in [0.2, 0.25) is 5.91 Å². The Morgan fingerprint density at radius 1 is 1.20 bits per heavy atom. The van der Waals surface area contributed by atoms with E-state index in [0.717, 1.165) is 24.9 Å². The maximum Gasteiger partial charge on any atom is 0.227 e. The van der Waals surface area contributed by atoms with Gasteiger partial charge in [-0.3, -0.25) is 9.59 Å². The van der Waals surface area contributed by atoms with Gasteiger partial charge < -0.3 is 5.32 Å². The van der Waals surface area contributed by atoms with Crippen LogP contribution in [0.2, 0.25) is 5.02 Å². The number of nitrogens with one attached hydrogen (secondary N) is 1. The average molecular weight is 292 g/mol. The number of halogens is 1. The molecule has 4 heteroatoms. The summed E-state index contributed by atoms with van der Waals surface area (Å²) in [5.41, 5.74) is 0.726. The van der Waals surface area contributed by atoms with Crippen LogP contribution in [0.4, 0.5) is 5.69 Å². The zero-order valence-corrected chi connectivity index (χ0v) is 12.0. The van der Waals surface area contributed by atoms with Crippen LogP contribution in [0.1, 0.15) is 32.1 Å². The van der Waals surface area contributed by atoms with Gasteiger partial charge in [0.05, 0.1) is 0 Å². The molecule has 2 aliphatic carbocycles. The summed E-state index contributed by atoms with van der Waals surface area (Å²) in [5.74, 6) is 0.594. The zero-order valence-electron chi connectivity index (χ0n) is 11.3. The molecule has 2 saturated carbocycles. The summed E-state index contributed by atoms with van der Waals surface area (Å²) in [6.45, 7) is 0. The molecule has 1 amide bonds. The smallest absolute Gasteiger partial charge is 0.227 e. The Morgan fingerprint density at radius 3 is 2.55 bits per heavy atom. The summed E-state index contributed by atoms with van der Waals surface area (Å²) in [6.07, 6.45) is 4.46. The number of anilines is 1. The first-order chi connectivity index (χ1) is 9.63. The third kappa shape index (κ3) is 2.73. The summed E-state index contributed by atoms with van der Waals surface area (Å²) in [5, 5.41) is 3.53. The summed E-state index contributed by atoms with van der Waals surface area (Å²) in [6, 6.07) is 7.17. The summed E-state index contributed by atoms with van der Waals surface area (Å²) in [4.78, 5) is 24.4. The summed E-state index contributed by atoms with van der Waals surface area (Å²) in [7, 11) is 0. The van der Waals surface area contributed by atoms with Crippen molar-refractivity contribution in [3.05, 3.63) is 29.3 Å². The molecule has 2 bridgehead atoms. The van der Waals surface area contributed by atoms with E-state index >= 15 is 0 Å². The highest BCUT2D eigenvalue weighted by Crippen LogP contribution is 2.40. The fourth-order valence-corrected chi connectivity index (χ4v) is 3.69. The van der Waals surface area contributed by atoms with Crippen molar-refractivity contribution in [2.75, 3.05) is 5.32 Å². The molecule has 3 rings (SSSR count). The zero-order chi connectivity index (χ0) is 14.1. The van der Waals surface area contributed by atoms with Gasteiger partial charge >= 0.3 is 0 Å². The third-order valence-corrected chi connectivity index (χ3v) is 4.75. The molecule has 1 aromatic carbocycles. The van der Waals surface area contributed by atoms with Crippen LogP contribution in [-0.2, 0) is 9.59 Å². The predicted molar refractivity (Wildman–Crippen MR) is 78.6 cm³/mol. The largest absolute Gasteiger partial charge is 0.326 e. The number of carbonyl (C=O) groups is 2. The van der Waals surface area contributed by atoms with Crippen molar-refractivity contribution in [2.45, 2.75) is 32.1 Å². The van der Waals surface area contributed by atoms with E-state index < -0.39 is 0 Å². The van der Waals surface area contributed by atoms with Gasteiger partial charge in [0.25, 0.3) is 0 Å². The number of rotatable bonds is 2. The lowest BCUT2D eigenvalue weighted by Crippen LogP contribution is -2.40. The molecule has 1 N–H and O–H groups in total. The maximum atomic E-state index is 12.4. The number of benzene rings is 1. The van der Waals surface area contributed by atoms with Crippen LogP contribution in [0.15, 0.2) is 24.3 Å². The van der Waals surface area contributed by atoms with Crippen LogP contribution in [0.5, 0.6) is 0 Å². The highest BCUT2D eigenvalue weighted by Gasteiger charge is 2.41. The summed E-state index contributed by atoms with van der Waals surface area (Å²) >= 11 is 5.92. The molecule has 2 fully saturated rings. The van der Waals surface area contributed by atoms with Crippen molar-refractivity contribution in [3.8, 4) is 0 Å². The highest BCUT2D eigenvalue weighted by molar-refractivity contribution is 6.30. The lowest BCUT2D eigenvalue weighted by atomic mass is 9.67. The van der Waals surface area contributed by atoms with E-state index in [1.165, 1.54) is 0 Å². The summed E-state index contributed by atoms with van der Waals surface area (Å²) < 4.78 is 0. The first-order valence-electron chi connectivity index (χ1n) is 7.23. The Balaban J connectivity index is 1.67. The van der Waals surface area contributed by atoms with Gasteiger partial charge in [-0.05, 0) is 43.9 Å². The van der Waals surface area contributed by atoms with Gasteiger partial charge in [0, 0.05) is 28.5 Å². The van der Waals surface area contributed by atoms with Crippen LogP contribution in [0.25, 0.3) is 0 Å². The molecule has 0 aliphatic heterocycles. The monoisotopic (exact) mass is 291 g/mol. The Labute approximate surface area is 123 Å². The molecule has 3 nitrogen and oxygen atoms in total. The number of amides is 1. The first-order valence-corrected chi connectivity index (χ1v) is 7.61. The molecule has 0 spiro atoms. The van der Waals surface area contributed by atoms with E-state index in [1.807, 2.05) is 12.1 Å². The molecule has 0 saturated heterocycles. The van der Waals surface area contributed by atoms with Crippen LogP contribution < -0.4 is 5.32 Å². The molecule has 0 heterocycles. The lowest BCUT2D eigenvalue weighted by molar-refractivity contribution is -0.136. The van der Waals surface area contributed by atoms with Gasteiger partial charge in [-0.15, -0.1) is 0 Å². The molecule has 0 aromatic heterocycles. The van der Waals surface area contributed by atoms with Crippen molar-refractivity contribution in [2.24, 2.45) is 17.8 Å². The van der Waals surface area contributed by atoms with Crippen molar-refractivity contribution >= 4 is 29.0 Å². The van der Waals surface area contributed by atoms with Crippen molar-refractivity contribution in [1.82, 2.24) is 0 Å². The van der Waals surface area contributed by atoms with Crippen molar-refractivity contribution in [3.63, 3.8) is 0 Å². The normalized spacial score (nSPS) is 29.1. The molecule has 0 radical (unpaired) electrons. The Bertz CT molecular complexity index is 527. The number of fused-ring (bicyclic) bond motifs is 2. The van der Waals surface area contributed by atoms with Gasteiger partial charge in [-0.2, -0.15) is 0 Å². The van der Waals surface area contributed by atoms with Gasteiger partial charge in [0.15, 0.2) is 0 Å². The van der Waals surface area contributed by atoms with Crippen LogP contribution >= 0.6 is 11.6 Å². The molecular weight excluding hydrogens is 274 g/mol. The topological polar surface area (TPSA) is 46.2 Å². The third-order valence-electron chi connectivity index (χ3n) is 4.51. The second-order valence-corrected chi connectivity index (χ2v) is 6.33. The molecule has 3 atom stereocenters. The van der Waals surface area contributed by atoms with Gasteiger partial charge in [0.1, 0.15) is 5.78 Å². The van der Waals surface area contributed by atoms with E-state index in [1.54, 1.807) is 12.1 Å². The van der Waals surface area contributed by atoms with Crippen LogP contribution in [-0.4, -0.2) is 11.7 Å². The van der Waals surface area contributed by atoms with E-state index in [-0.39, 0.29) is 23.7 Å². The lowest BCUT2D eigenvalue weighted by Gasteiger charge is -2.36. The average Bonchev–Trinajstić information content (AvgIpc) is 2.38. The van der Waals surface area contributed by atoms with Gasteiger partial charge in [-0.25, -0.2) is 0 Å². The van der Waals surface area contributed by atoms with Crippen LogP contribution in [0.3, 0.4) is 0 Å².